The highest BCUT2D eigenvalue weighted by molar-refractivity contribution is 5.82. The molecule has 0 saturated carbocycles. The average Bonchev–Trinajstić information content (AvgIpc) is 2.52. The lowest BCUT2D eigenvalue weighted by Crippen LogP contribution is -2.48. The quantitative estimate of drug-likeness (QED) is 0.140. The van der Waals surface area contributed by atoms with E-state index in [0.717, 1.165) is 19.3 Å². The maximum atomic E-state index is 12.2. The molecule has 0 unspecified atom stereocenters. The molecular weight excluding hydrogens is 322 g/mol. The van der Waals surface area contributed by atoms with Gasteiger partial charge in [-0.05, 0) is 39.5 Å². The summed E-state index contributed by atoms with van der Waals surface area (Å²) in [7, 11) is 0. The number of hydrogen-bond donors (Lipinski definition) is 5. The molecule has 0 fully saturated rings. The number of nitrogens with one attached hydrogen (secondary N) is 4. The van der Waals surface area contributed by atoms with E-state index in [-0.39, 0.29) is 42.3 Å². The van der Waals surface area contributed by atoms with Crippen LogP contribution in [0.2, 0.25) is 0 Å². The maximum absolute atomic E-state index is 12.2. The third-order valence-electron chi connectivity index (χ3n) is 3.49. The standard InChI is InChI=1S/C17H35N5O3/c1-12(2)20-14(17(25)21-13(3)4)8-5-6-11-19-15(23)9-7-10-16(24)22-18/h12-14,20H,5-11,18H2,1-4H3,(H,19,23)(H,21,25)(H,22,24)/t14-/m0/s1. The van der Waals surface area contributed by atoms with E-state index in [2.05, 4.69) is 16.0 Å². The van der Waals surface area contributed by atoms with Gasteiger partial charge in [-0.1, -0.05) is 13.8 Å². The molecule has 0 radical (unpaired) electrons. The van der Waals surface area contributed by atoms with E-state index in [1.807, 2.05) is 33.1 Å². The van der Waals surface area contributed by atoms with Gasteiger partial charge in [0, 0.05) is 31.5 Å². The lowest BCUT2D eigenvalue weighted by Gasteiger charge is -2.22. The van der Waals surface area contributed by atoms with Crippen LogP contribution in [0.5, 0.6) is 0 Å². The smallest absolute Gasteiger partial charge is 0.237 e. The summed E-state index contributed by atoms with van der Waals surface area (Å²) in [5.41, 5.74) is 2.03. The summed E-state index contributed by atoms with van der Waals surface area (Å²) >= 11 is 0. The minimum Gasteiger partial charge on any atom is -0.356 e. The van der Waals surface area contributed by atoms with Crippen molar-refractivity contribution in [2.75, 3.05) is 6.54 Å². The van der Waals surface area contributed by atoms with Gasteiger partial charge < -0.3 is 16.0 Å². The Balaban J connectivity index is 3.95. The lowest BCUT2D eigenvalue weighted by molar-refractivity contribution is -0.124. The number of amides is 3. The van der Waals surface area contributed by atoms with Gasteiger partial charge >= 0.3 is 0 Å². The molecule has 8 heteroatoms. The molecule has 0 aromatic rings. The van der Waals surface area contributed by atoms with Gasteiger partial charge in [0.1, 0.15) is 0 Å². The van der Waals surface area contributed by atoms with Gasteiger partial charge in [0.05, 0.1) is 6.04 Å². The zero-order valence-corrected chi connectivity index (χ0v) is 16.0. The van der Waals surface area contributed by atoms with Gasteiger partial charge in [-0.3, -0.25) is 19.8 Å². The van der Waals surface area contributed by atoms with Crippen molar-refractivity contribution >= 4 is 17.7 Å². The Bertz CT molecular complexity index is 413. The zero-order valence-electron chi connectivity index (χ0n) is 16.0. The number of nitrogens with two attached hydrogens (primary N) is 1. The third kappa shape index (κ3) is 13.3. The van der Waals surface area contributed by atoms with Crippen LogP contribution in [-0.2, 0) is 14.4 Å². The number of unbranched alkanes of at least 4 members (excludes halogenated alkanes) is 1. The van der Waals surface area contributed by atoms with E-state index in [1.54, 1.807) is 0 Å². The summed E-state index contributed by atoms with van der Waals surface area (Å²) in [6, 6.07) is 0.130. The second-order valence-corrected chi connectivity index (χ2v) is 6.80. The van der Waals surface area contributed by atoms with Gasteiger partial charge in [0.2, 0.25) is 17.7 Å². The molecule has 6 N–H and O–H groups in total. The Morgan fingerprint density at radius 1 is 0.880 bits per heavy atom. The van der Waals surface area contributed by atoms with Crippen LogP contribution in [0.4, 0.5) is 0 Å². The second-order valence-electron chi connectivity index (χ2n) is 6.80. The van der Waals surface area contributed by atoms with Crippen molar-refractivity contribution in [2.24, 2.45) is 5.84 Å². The van der Waals surface area contributed by atoms with Gasteiger partial charge in [-0.25, -0.2) is 5.84 Å². The molecule has 3 amide bonds. The number of carbonyl (C=O) groups excluding carboxylic acids is 3. The van der Waals surface area contributed by atoms with Gasteiger partial charge in [-0.2, -0.15) is 0 Å². The van der Waals surface area contributed by atoms with Crippen molar-refractivity contribution in [1.82, 2.24) is 21.4 Å². The van der Waals surface area contributed by atoms with Gasteiger partial charge in [0.25, 0.3) is 0 Å². The Morgan fingerprint density at radius 3 is 2.08 bits per heavy atom. The molecule has 25 heavy (non-hydrogen) atoms. The number of rotatable bonds is 13. The minimum atomic E-state index is -0.267. The van der Waals surface area contributed by atoms with E-state index >= 15 is 0 Å². The molecule has 0 bridgehead atoms. The van der Waals surface area contributed by atoms with Crippen molar-refractivity contribution in [3.63, 3.8) is 0 Å². The molecule has 0 aliphatic carbocycles. The van der Waals surface area contributed by atoms with Gasteiger partial charge in [0.15, 0.2) is 0 Å². The summed E-state index contributed by atoms with van der Waals surface area (Å²) in [6.07, 6.45) is 3.40. The topological polar surface area (TPSA) is 125 Å². The molecule has 0 saturated heterocycles. The van der Waals surface area contributed by atoms with E-state index in [0.29, 0.717) is 19.4 Å². The van der Waals surface area contributed by atoms with Crippen molar-refractivity contribution < 1.29 is 14.4 Å². The molecule has 0 aliphatic heterocycles. The van der Waals surface area contributed by atoms with Crippen LogP contribution < -0.4 is 27.2 Å². The first-order valence-electron chi connectivity index (χ1n) is 9.08. The number of hydrogen-bond acceptors (Lipinski definition) is 5. The van der Waals surface area contributed by atoms with Crippen LogP contribution in [0.15, 0.2) is 0 Å². The van der Waals surface area contributed by atoms with Crippen LogP contribution in [0.25, 0.3) is 0 Å². The third-order valence-corrected chi connectivity index (χ3v) is 3.49. The van der Waals surface area contributed by atoms with E-state index < -0.39 is 0 Å². The second kappa shape index (κ2) is 13.6. The Morgan fingerprint density at radius 2 is 1.52 bits per heavy atom. The first-order chi connectivity index (χ1) is 11.8. The van der Waals surface area contributed by atoms with Crippen LogP contribution in [-0.4, -0.2) is 42.4 Å². The molecule has 0 heterocycles. The highest BCUT2D eigenvalue weighted by Gasteiger charge is 2.19. The summed E-state index contributed by atoms with van der Waals surface area (Å²) in [4.78, 5) is 34.8. The van der Waals surface area contributed by atoms with E-state index in [1.165, 1.54) is 0 Å². The van der Waals surface area contributed by atoms with Crippen LogP contribution in [0.1, 0.15) is 66.2 Å². The molecule has 0 aromatic carbocycles. The van der Waals surface area contributed by atoms with Crippen molar-refractivity contribution in [3.8, 4) is 0 Å². The monoisotopic (exact) mass is 357 g/mol. The van der Waals surface area contributed by atoms with Crippen molar-refractivity contribution in [3.05, 3.63) is 0 Å². The SMILES string of the molecule is CC(C)NC(=O)[C@H](CCCCNC(=O)CCCC(=O)NN)NC(C)C. The predicted octanol–water partition coefficient (Wildman–Crippen LogP) is 0.324. The van der Waals surface area contributed by atoms with Crippen LogP contribution in [0, 0.1) is 0 Å². The molecular formula is C17H35N5O3. The van der Waals surface area contributed by atoms with Crippen LogP contribution >= 0.6 is 0 Å². The average molecular weight is 357 g/mol. The molecule has 0 rings (SSSR count). The Labute approximate surface area is 151 Å². The molecule has 0 aromatic heterocycles. The number of hydrazine groups is 1. The van der Waals surface area contributed by atoms with E-state index in [9.17, 15) is 14.4 Å². The molecule has 146 valence electrons. The minimum absolute atomic E-state index is 0.0194. The van der Waals surface area contributed by atoms with Crippen LogP contribution in [0.3, 0.4) is 0 Å². The van der Waals surface area contributed by atoms with Crippen molar-refractivity contribution in [2.45, 2.75) is 84.3 Å². The first-order valence-corrected chi connectivity index (χ1v) is 9.08. The fourth-order valence-electron chi connectivity index (χ4n) is 2.35. The molecule has 0 aliphatic rings. The van der Waals surface area contributed by atoms with Crippen molar-refractivity contribution in [1.29, 1.82) is 0 Å². The highest BCUT2D eigenvalue weighted by atomic mass is 16.2. The zero-order chi connectivity index (χ0) is 19.2. The summed E-state index contributed by atoms with van der Waals surface area (Å²) < 4.78 is 0. The number of carbonyl (C=O) groups is 3. The maximum Gasteiger partial charge on any atom is 0.237 e. The Kier molecular flexibility index (Phi) is 12.7. The molecule has 8 nitrogen and oxygen atoms in total. The Hall–Kier alpha value is -1.67. The molecule has 1 atom stereocenters. The fourth-order valence-corrected chi connectivity index (χ4v) is 2.35. The predicted molar refractivity (Wildman–Crippen MR) is 98.4 cm³/mol. The van der Waals surface area contributed by atoms with E-state index in [4.69, 9.17) is 5.84 Å². The highest BCUT2D eigenvalue weighted by Crippen LogP contribution is 2.03. The summed E-state index contributed by atoms with van der Waals surface area (Å²) in [5.74, 6) is 4.65. The summed E-state index contributed by atoms with van der Waals surface area (Å²) in [5, 5.41) is 9.04. The first kappa shape index (κ1) is 23.3. The lowest BCUT2D eigenvalue weighted by atomic mass is 10.1. The summed E-state index contributed by atoms with van der Waals surface area (Å²) in [6.45, 7) is 8.48. The normalized spacial score (nSPS) is 12.1. The molecule has 0 spiro atoms. The van der Waals surface area contributed by atoms with Gasteiger partial charge in [-0.15, -0.1) is 0 Å². The largest absolute Gasteiger partial charge is 0.356 e. The fraction of sp³-hybridized carbons (Fsp3) is 0.824.